The normalized spacial score (nSPS) is 13.7. The van der Waals surface area contributed by atoms with E-state index in [0.29, 0.717) is 13.0 Å². The number of hydrogen-bond donors (Lipinski definition) is 3. The first kappa shape index (κ1) is 12.5. The zero-order valence-corrected chi connectivity index (χ0v) is 10.9. The summed E-state index contributed by atoms with van der Waals surface area (Å²) < 4.78 is 0. The van der Waals surface area contributed by atoms with Crippen molar-refractivity contribution in [1.82, 2.24) is 0 Å². The van der Waals surface area contributed by atoms with Crippen LogP contribution < -0.4 is 0 Å². The molecule has 2 aromatic rings. The Balaban J connectivity index is 1.94. The lowest BCUT2D eigenvalue weighted by molar-refractivity contribution is 0.403. The quantitative estimate of drug-likeness (QED) is 0.733. The second kappa shape index (κ2) is 4.89. The number of nitrogens with zero attached hydrogens (tertiary/aromatic N) is 1. The predicted molar refractivity (Wildman–Crippen MR) is 76.7 cm³/mol. The molecule has 1 aliphatic rings. The van der Waals surface area contributed by atoms with Gasteiger partial charge in [-0.2, -0.15) is 0 Å². The van der Waals surface area contributed by atoms with E-state index >= 15 is 0 Å². The number of benzene rings is 2. The van der Waals surface area contributed by atoms with Crippen molar-refractivity contribution in [2.45, 2.75) is 12.8 Å². The summed E-state index contributed by atoms with van der Waals surface area (Å²) in [7, 11) is 0. The van der Waals surface area contributed by atoms with Crippen molar-refractivity contribution in [2.24, 2.45) is 4.99 Å². The van der Waals surface area contributed by atoms with Gasteiger partial charge >= 0.3 is 0 Å². The first-order valence-electron chi connectivity index (χ1n) is 6.50. The van der Waals surface area contributed by atoms with Crippen molar-refractivity contribution >= 4 is 5.71 Å². The molecule has 4 nitrogen and oxygen atoms in total. The fraction of sp³-hybridized carbons (Fsp3) is 0.188. The van der Waals surface area contributed by atoms with Crippen molar-refractivity contribution in [3.8, 4) is 17.2 Å². The number of rotatable bonds is 2. The van der Waals surface area contributed by atoms with E-state index in [1.807, 2.05) is 12.1 Å². The van der Waals surface area contributed by atoms with Crippen LogP contribution in [0, 0.1) is 0 Å². The molecule has 0 bridgehead atoms. The van der Waals surface area contributed by atoms with Crippen LogP contribution in [-0.4, -0.2) is 27.6 Å². The van der Waals surface area contributed by atoms with E-state index in [0.717, 1.165) is 28.8 Å². The van der Waals surface area contributed by atoms with Gasteiger partial charge in [0, 0.05) is 24.2 Å². The minimum atomic E-state index is -0.121. The molecule has 0 unspecified atom stereocenters. The molecule has 0 saturated carbocycles. The number of phenolic OH excluding ortho intramolecular Hbond substituents is 3. The minimum Gasteiger partial charge on any atom is -0.508 e. The zero-order chi connectivity index (χ0) is 14.1. The largest absolute Gasteiger partial charge is 0.508 e. The minimum absolute atomic E-state index is 0.0883. The van der Waals surface area contributed by atoms with E-state index < -0.39 is 0 Å². The fourth-order valence-corrected chi connectivity index (χ4v) is 2.45. The molecule has 0 aliphatic carbocycles. The number of aromatic hydroxyl groups is 3. The predicted octanol–water partition coefficient (Wildman–Crippen LogP) is 2.39. The molecule has 0 amide bonds. The van der Waals surface area contributed by atoms with Crippen molar-refractivity contribution in [1.29, 1.82) is 0 Å². The molecule has 3 N–H and O–H groups in total. The Bertz CT molecular complexity index is 675. The van der Waals surface area contributed by atoms with Crippen LogP contribution >= 0.6 is 0 Å². The van der Waals surface area contributed by atoms with Crippen LogP contribution in [-0.2, 0) is 12.8 Å². The number of fused-ring (bicyclic) bond motifs is 1. The molecule has 0 spiro atoms. The van der Waals surface area contributed by atoms with Gasteiger partial charge in [-0.05, 0) is 41.8 Å². The highest BCUT2D eigenvalue weighted by Crippen LogP contribution is 2.31. The maximum atomic E-state index is 9.66. The van der Waals surface area contributed by atoms with Gasteiger partial charge in [-0.15, -0.1) is 0 Å². The Morgan fingerprint density at radius 1 is 0.950 bits per heavy atom. The summed E-state index contributed by atoms with van der Waals surface area (Å²) in [6.07, 6.45) is 1.40. The van der Waals surface area contributed by atoms with Gasteiger partial charge in [0.1, 0.15) is 5.75 Å². The number of phenols is 3. The second-order valence-electron chi connectivity index (χ2n) is 4.92. The van der Waals surface area contributed by atoms with Crippen LogP contribution in [0.25, 0.3) is 0 Å². The van der Waals surface area contributed by atoms with Gasteiger partial charge in [-0.3, -0.25) is 4.99 Å². The third kappa shape index (κ3) is 2.32. The molecule has 0 fully saturated rings. The van der Waals surface area contributed by atoms with E-state index in [-0.39, 0.29) is 17.2 Å². The smallest absolute Gasteiger partial charge is 0.158 e. The first-order chi connectivity index (χ1) is 9.63. The molecule has 4 heteroatoms. The highest BCUT2D eigenvalue weighted by atomic mass is 16.3. The zero-order valence-electron chi connectivity index (χ0n) is 10.9. The Morgan fingerprint density at radius 3 is 2.40 bits per heavy atom. The van der Waals surface area contributed by atoms with Gasteiger partial charge in [-0.1, -0.05) is 12.1 Å². The molecule has 0 saturated heterocycles. The summed E-state index contributed by atoms with van der Waals surface area (Å²) in [5, 5.41) is 28.5. The van der Waals surface area contributed by atoms with Crippen LogP contribution in [0.4, 0.5) is 0 Å². The summed E-state index contributed by atoms with van der Waals surface area (Å²) in [5.41, 5.74) is 3.83. The first-order valence-corrected chi connectivity index (χ1v) is 6.50. The molecule has 1 heterocycles. The topological polar surface area (TPSA) is 73.1 Å². The molecular formula is C16H15NO3. The third-order valence-electron chi connectivity index (χ3n) is 3.50. The highest BCUT2D eigenvalue weighted by molar-refractivity contribution is 6.04. The van der Waals surface area contributed by atoms with Gasteiger partial charge in [0.25, 0.3) is 0 Å². The fourth-order valence-electron chi connectivity index (χ4n) is 2.45. The van der Waals surface area contributed by atoms with Crippen LogP contribution in [0.3, 0.4) is 0 Å². The average molecular weight is 269 g/mol. The van der Waals surface area contributed by atoms with Crippen LogP contribution in [0.2, 0.25) is 0 Å². The van der Waals surface area contributed by atoms with Crippen LogP contribution in [0.15, 0.2) is 41.4 Å². The Labute approximate surface area is 116 Å². The van der Waals surface area contributed by atoms with Gasteiger partial charge < -0.3 is 15.3 Å². The molecule has 1 aliphatic heterocycles. The number of aliphatic imine (C=N–C) groups is 1. The summed E-state index contributed by atoms with van der Waals surface area (Å²) in [4.78, 5) is 4.52. The standard InChI is InChI=1S/C16H15NO3/c18-12-3-1-10(2-4-12)7-14-13-9-16(20)15(19)8-11(13)5-6-17-14/h1-4,8-9,18-20H,5-7H2. The SMILES string of the molecule is Oc1ccc(CC2=NCCc3cc(O)c(O)cc32)cc1. The summed E-state index contributed by atoms with van der Waals surface area (Å²) in [6, 6.07) is 10.2. The maximum Gasteiger partial charge on any atom is 0.158 e. The highest BCUT2D eigenvalue weighted by Gasteiger charge is 2.17. The van der Waals surface area contributed by atoms with E-state index in [1.54, 1.807) is 24.3 Å². The molecule has 0 aromatic heterocycles. The maximum absolute atomic E-state index is 9.66. The lowest BCUT2D eigenvalue weighted by Crippen LogP contribution is -2.15. The third-order valence-corrected chi connectivity index (χ3v) is 3.50. The molecule has 102 valence electrons. The van der Waals surface area contributed by atoms with Gasteiger partial charge in [0.2, 0.25) is 0 Å². The Hall–Kier alpha value is -2.49. The van der Waals surface area contributed by atoms with Crippen molar-refractivity contribution in [2.75, 3.05) is 6.54 Å². The van der Waals surface area contributed by atoms with E-state index in [1.165, 1.54) is 0 Å². The Kier molecular flexibility index (Phi) is 3.06. The van der Waals surface area contributed by atoms with Gasteiger partial charge in [0.15, 0.2) is 11.5 Å². The summed E-state index contributed by atoms with van der Waals surface area (Å²) >= 11 is 0. The molecule has 0 radical (unpaired) electrons. The molecule has 2 aromatic carbocycles. The second-order valence-corrected chi connectivity index (χ2v) is 4.92. The molecular weight excluding hydrogens is 254 g/mol. The van der Waals surface area contributed by atoms with Crippen LogP contribution in [0.5, 0.6) is 17.2 Å². The molecule has 0 atom stereocenters. The molecule has 3 rings (SSSR count). The van der Waals surface area contributed by atoms with Crippen molar-refractivity contribution in [3.05, 3.63) is 53.1 Å². The summed E-state index contributed by atoms with van der Waals surface area (Å²) in [5.74, 6) is 0.0287. The van der Waals surface area contributed by atoms with Gasteiger partial charge in [-0.25, -0.2) is 0 Å². The van der Waals surface area contributed by atoms with Crippen molar-refractivity contribution < 1.29 is 15.3 Å². The lowest BCUT2D eigenvalue weighted by atomic mass is 9.93. The lowest BCUT2D eigenvalue weighted by Gasteiger charge is -2.18. The summed E-state index contributed by atoms with van der Waals surface area (Å²) in [6.45, 7) is 0.685. The van der Waals surface area contributed by atoms with Crippen LogP contribution in [0.1, 0.15) is 16.7 Å². The van der Waals surface area contributed by atoms with Crippen molar-refractivity contribution in [3.63, 3.8) is 0 Å². The van der Waals surface area contributed by atoms with E-state index in [9.17, 15) is 15.3 Å². The van der Waals surface area contributed by atoms with Gasteiger partial charge in [0.05, 0.1) is 0 Å². The molecule has 20 heavy (non-hydrogen) atoms. The van der Waals surface area contributed by atoms with E-state index in [4.69, 9.17) is 0 Å². The Morgan fingerprint density at radius 2 is 1.65 bits per heavy atom. The van der Waals surface area contributed by atoms with E-state index in [2.05, 4.69) is 4.99 Å². The average Bonchev–Trinajstić information content (AvgIpc) is 2.43. The monoisotopic (exact) mass is 269 g/mol. The number of hydrogen-bond acceptors (Lipinski definition) is 4.